The van der Waals surface area contributed by atoms with Gasteiger partial charge in [0, 0.05) is 6.08 Å². The van der Waals surface area contributed by atoms with Gasteiger partial charge in [0.2, 0.25) is 0 Å². The van der Waals surface area contributed by atoms with E-state index in [1.807, 2.05) is 6.92 Å². The third-order valence-electron chi connectivity index (χ3n) is 2.96. The molecule has 0 rings (SSSR count). The first-order valence-corrected chi connectivity index (χ1v) is 7.16. The van der Waals surface area contributed by atoms with E-state index in [0.29, 0.717) is 12.5 Å². The first-order valence-electron chi connectivity index (χ1n) is 7.16. The fraction of sp³-hybridized carbons (Fsp3) is 0.800. The van der Waals surface area contributed by atoms with Crippen LogP contribution >= 0.6 is 0 Å². The van der Waals surface area contributed by atoms with Crippen LogP contribution in [0.5, 0.6) is 0 Å². The lowest BCUT2D eigenvalue weighted by atomic mass is 10.0. The summed E-state index contributed by atoms with van der Waals surface area (Å²) < 4.78 is 15.8. The monoisotopic (exact) mass is 272 g/mol. The lowest BCUT2D eigenvalue weighted by Gasteiger charge is -2.19. The van der Waals surface area contributed by atoms with Crippen LogP contribution in [-0.2, 0) is 19.0 Å². The fourth-order valence-electron chi connectivity index (χ4n) is 1.63. The molecule has 2 unspecified atom stereocenters. The molecule has 0 saturated heterocycles. The second-order valence-corrected chi connectivity index (χ2v) is 4.56. The van der Waals surface area contributed by atoms with Gasteiger partial charge in [-0.3, -0.25) is 0 Å². The molecule has 0 aromatic rings. The van der Waals surface area contributed by atoms with Gasteiger partial charge in [0.25, 0.3) is 0 Å². The Bertz CT molecular complexity index is 240. The summed E-state index contributed by atoms with van der Waals surface area (Å²) in [5.41, 5.74) is 0. The van der Waals surface area contributed by atoms with Crippen LogP contribution in [0.4, 0.5) is 0 Å². The molecular weight excluding hydrogens is 244 g/mol. The van der Waals surface area contributed by atoms with E-state index < -0.39 is 5.97 Å². The van der Waals surface area contributed by atoms with Crippen LogP contribution in [0.3, 0.4) is 0 Å². The number of ether oxygens (including phenoxy) is 3. The SMILES string of the molecule is C=CC(=O)OCCOC(C)OCC(CC)CCCC. The molecule has 0 fully saturated rings. The van der Waals surface area contributed by atoms with Crippen molar-refractivity contribution in [2.45, 2.75) is 52.7 Å². The Morgan fingerprint density at radius 3 is 2.58 bits per heavy atom. The van der Waals surface area contributed by atoms with Gasteiger partial charge in [-0.2, -0.15) is 0 Å². The van der Waals surface area contributed by atoms with Crippen molar-refractivity contribution in [1.29, 1.82) is 0 Å². The summed E-state index contributed by atoms with van der Waals surface area (Å²) in [7, 11) is 0. The Labute approximate surface area is 117 Å². The molecule has 0 radical (unpaired) electrons. The molecule has 0 saturated carbocycles. The molecule has 4 heteroatoms. The summed E-state index contributed by atoms with van der Waals surface area (Å²) in [6.07, 6.45) is 5.67. The smallest absolute Gasteiger partial charge is 0.330 e. The molecule has 0 aliphatic carbocycles. The zero-order chi connectivity index (χ0) is 14.5. The van der Waals surface area contributed by atoms with Crippen LogP contribution in [0.25, 0.3) is 0 Å². The Kier molecular flexibility index (Phi) is 11.6. The van der Waals surface area contributed by atoms with Gasteiger partial charge < -0.3 is 14.2 Å². The maximum atomic E-state index is 10.8. The minimum Gasteiger partial charge on any atom is -0.460 e. The highest BCUT2D eigenvalue weighted by atomic mass is 16.7. The maximum absolute atomic E-state index is 10.8. The molecule has 0 N–H and O–H groups in total. The van der Waals surface area contributed by atoms with Gasteiger partial charge in [0.1, 0.15) is 6.61 Å². The highest BCUT2D eigenvalue weighted by Crippen LogP contribution is 2.13. The molecule has 0 bridgehead atoms. The maximum Gasteiger partial charge on any atom is 0.330 e. The summed E-state index contributed by atoms with van der Waals surface area (Å²) in [5.74, 6) is 0.173. The van der Waals surface area contributed by atoms with Gasteiger partial charge in [-0.05, 0) is 19.3 Å². The average molecular weight is 272 g/mol. The lowest BCUT2D eigenvalue weighted by molar-refractivity contribution is -0.156. The summed E-state index contributed by atoms with van der Waals surface area (Å²) in [4.78, 5) is 10.8. The summed E-state index contributed by atoms with van der Waals surface area (Å²) in [5, 5.41) is 0. The average Bonchev–Trinajstić information content (AvgIpc) is 2.43. The van der Waals surface area contributed by atoms with Crippen LogP contribution in [0, 0.1) is 5.92 Å². The molecule has 19 heavy (non-hydrogen) atoms. The summed E-state index contributed by atoms with van der Waals surface area (Å²) in [6, 6.07) is 0. The normalized spacial score (nSPS) is 13.8. The Hall–Kier alpha value is -0.870. The largest absolute Gasteiger partial charge is 0.460 e. The molecule has 4 nitrogen and oxygen atoms in total. The predicted molar refractivity (Wildman–Crippen MR) is 75.8 cm³/mol. The predicted octanol–water partition coefficient (Wildman–Crippen LogP) is 3.31. The summed E-state index contributed by atoms with van der Waals surface area (Å²) in [6.45, 7) is 10.9. The Balaban J connectivity index is 3.58. The second kappa shape index (κ2) is 12.2. The van der Waals surface area contributed by atoms with Crippen molar-refractivity contribution in [1.82, 2.24) is 0 Å². The minimum atomic E-state index is -0.428. The van der Waals surface area contributed by atoms with Gasteiger partial charge in [-0.1, -0.05) is 39.7 Å². The van der Waals surface area contributed by atoms with Crippen molar-refractivity contribution >= 4 is 5.97 Å². The van der Waals surface area contributed by atoms with Gasteiger partial charge >= 0.3 is 5.97 Å². The van der Waals surface area contributed by atoms with Crippen LogP contribution in [-0.4, -0.2) is 32.1 Å². The molecule has 0 aromatic heterocycles. The number of esters is 1. The minimum absolute atomic E-state index is 0.228. The van der Waals surface area contributed by atoms with Crippen molar-refractivity contribution in [3.63, 3.8) is 0 Å². The highest BCUT2D eigenvalue weighted by Gasteiger charge is 2.09. The zero-order valence-electron chi connectivity index (χ0n) is 12.5. The summed E-state index contributed by atoms with van der Waals surface area (Å²) >= 11 is 0. The van der Waals surface area contributed by atoms with Gasteiger partial charge in [0.05, 0.1) is 13.2 Å². The molecule has 0 aliphatic heterocycles. The molecule has 112 valence electrons. The first-order chi connectivity index (χ1) is 9.13. The first kappa shape index (κ1) is 18.1. The number of carbonyl (C=O) groups is 1. The number of hydrogen-bond donors (Lipinski definition) is 0. The Morgan fingerprint density at radius 2 is 2.00 bits per heavy atom. The second-order valence-electron chi connectivity index (χ2n) is 4.56. The van der Waals surface area contributed by atoms with E-state index in [-0.39, 0.29) is 12.9 Å². The third kappa shape index (κ3) is 10.7. The van der Waals surface area contributed by atoms with Crippen LogP contribution < -0.4 is 0 Å². The van der Waals surface area contributed by atoms with E-state index >= 15 is 0 Å². The topological polar surface area (TPSA) is 44.8 Å². The van der Waals surface area contributed by atoms with Crippen LogP contribution in [0.15, 0.2) is 12.7 Å². The van der Waals surface area contributed by atoms with Crippen molar-refractivity contribution < 1.29 is 19.0 Å². The van der Waals surface area contributed by atoms with E-state index in [9.17, 15) is 4.79 Å². The van der Waals surface area contributed by atoms with Crippen molar-refractivity contribution in [2.24, 2.45) is 5.92 Å². The van der Waals surface area contributed by atoms with Gasteiger partial charge in [-0.15, -0.1) is 0 Å². The van der Waals surface area contributed by atoms with Crippen LogP contribution in [0.2, 0.25) is 0 Å². The van der Waals surface area contributed by atoms with Crippen molar-refractivity contribution in [2.75, 3.05) is 19.8 Å². The number of hydrogen-bond acceptors (Lipinski definition) is 4. The van der Waals surface area contributed by atoms with Gasteiger partial charge in [-0.25, -0.2) is 4.79 Å². The molecule has 0 amide bonds. The fourth-order valence-corrected chi connectivity index (χ4v) is 1.63. The number of rotatable bonds is 12. The number of unbranched alkanes of at least 4 members (excludes halogenated alkanes) is 1. The third-order valence-corrected chi connectivity index (χ3v) is 2.96. The van der Waals surface area contributed by atoms with E-state index in [1.54, 1.807) is 0 Å². The van der Waals surface area contributed by atoms with Crippen molar-refractivity contribution in [3.05, 3.63) is 12.7 Å². The molecule has 0 aromatic carbocycles. The molecule has 0 heterocycles. The quantitative estimate of drug-likeness (QED) is 0.237. The zero-order valence-corrected chi connectivity index (χ0v) is 12.5. The van der Waals surface area contributed by atoms with E-state index in [0.717, 1.165) is 19.1 Å². The Morgan fingerprint density at radius 1 is 1.26 bits per heavy atom. The standard InChI is InChI=1S/C15H28O4/c1-5-8-9-14(6-2)12-19-13(4)17-10-11-18-15(16)7-3/h7,13-14H,3,5-6,8-12H2,1-2,4H3. The van der Waals surface area contributed by atoms with E-state index in [2.05, 4.69) is 20.4 Å². The highest BCUT2D eigenvalue weighted by molar-refractivity contribution is 5.81. The molecule has 0 aliphatic rings. The lowest BCUT2D eigenvalue weighted by Crippen LogP contribution is -2.20. The van der Waals surface area contributed by atoms with Gasteiger partial charge in [0.15, 0.2) is 6.29 Å². The molecule has 0 spiro atoms. The molecular formula is C15H28O4. The van der Waals surface area contributed by atoms with Crippen molar-refractivity contribution in [3.8, 4) is 0 Å². The van der Waals surface area contributed by atoms with E-state index in [4.69, 9.17) is 14.2 Å². The van der Waals surface area contributed by atoms with E-state index in [1.165, 1.54) is 19.3 Å². The molecule has 2 atom stereocenters. The van der Waals surface area contributed by atoms with Crippen LogP contribution in [0.1, 0.15) is 46.5 Å². The number of carbonyl (C=O) groups excluding carboxylic acids is 1.